The van der Waals surface area contributed by atoms with Gasteiger partial charge >= 0.3 is 0 Å². The minimum Gasteiger partial charge on any atom is -0.378 e. The Morgan fingerprint density at radius 2 is 1.95 bits per heavy atom. The Morgan fingerprint density at radius 3 is 2.58 bits per heavy atom. The van der Waals surface area contributed by atoms with Crippen molar-refractivity contribution in [2.45, 2.75) is 69.9 Å². The van der Waals surface area contributed by atoms with Gasteiger partial charge in [0, 0.05) is 19.2 Å². The predicted molar refractivity (Wildman–Crippen MR) is 75.8 cm³/mol. The van der Waals surface area contributed by atoms with Crippen LogP contribution in [0.25, 0.3) is 0 Å². The van der Waals surface area contributed by atoms with Crippen LogP contribution in [0, 0.1) is 0 Å². The van der Waals surface area contributed by atoms with E-state index in [0.717, 1.165) is 32.4 Å². The summed E-state index contributed by atoms with van der Waals surface area (Å²) in [5.41, 5.74) is 5.61. The maximum atomic E-state index is 12.5. The second-order valence-electron chi connectivity index (χ2n) is 5.86. The van der Waals surface area contributed by atoms with Crippen molar-refractivity contribution in [3.8, 4) is 0 Å². The highest BCUT2D eigenvalue weighted by Crippen LogP contribution is 2.25. The molecule has 1 aliphatic heterocycles. The number of nitrogens with two attached hydrogens (primary N) is 1. The maximum absolute atomic E-state index is 12.5. The zero-order chi connectivity index (χ0) is 13.5. The fourth-order valence-corrected chi connectivity index (χ4v) is 3.28. The van der Waals surface area contributed by atoms with Crippen molar-refractivity contribution in [1.82, 2.24) is 4.90 Å². The summed E-state index contributed by atoms with van der Waals surface area (Å²) in [4.78, 5) is 14.6. The van der Waals surface area contributed by atoms with Gasteiger partial charge < -0.3 is 15.4 Å². The topological polar surface area (TPSA) is 55.6 Å². The molecule has 1 saturated heterocycles. The van der Waals surface area contributed by atoms with Crippen molar-refractivity contribution < 1.29 is 9.53 Å². The molecule has 110 valence electrons. The summed E-state index contributed by atoms with van der Waals surface area (Å²) in [7, 11) is 0. The summed E-state index contributed by atoms with van der Waals surface area (Å²) in [5, 5.41) is 0. The maximum Gasteiger partial charge on any atom is 0.225 e. The lowest BCUT2D eigenvalue weighted by molar-refractivity contribution is -0.136. The SMILES string of the molecule is NCCCN(C(=O)CC1CCCO1)C1CCCCC1. The van der Waals surface area contributed by atoms with Crippen LogP contribution in [-0.2, 0) is 9.53 Å². The lowest BCUT2D eigenvalue weighted by Gasteiger charge is -2.35. The molecule has 1 atom stereocenters. The standard InChI is InChI=1S/C15H28N2O2/c16-9-5-10-17(13-6-2-1-3-7-13)15(18)12-14-8-4-11-19-14/h13-14H,1-12,16H2. The third-order valence-electron chi connectivity index (χ3n) is 4.37. The number of hydrogen-bond acceptors (Lipinski definition) is 3. The van der Waals surface area contributed by atoms with Gasteiger partial charge in [0.2, 0.25) is 5.91 Å². The van der Waals surface area contributed by atoms with Crippen LogP contribution in [0.4, 0.5) is 0 Å². The average Bonchev–Trinajstić information content (AvgIpc) is 2.93. The molecule has 0 aromatic carbocycles. The summed E-state index contributed by atoms with van der Waals surface area (Å²) in [6.07, 6.45) is 9.97. The molecule has 4 nitrogen and oxygen atoms in total. The van der Waals surface area contributed by atoms with E-state index in [-0.39, 0.29) is 12.0 Å². The van der Waals surface area contributed by atoms with E-state index in [1.165, 1.54) is 32.1 Å². The average molecular weight is 268 g/mol. The smallest absolute Gasteiger partial charge is 0.225 e. The molecule has 2 N–H and O–H groups in total. The molecule has 2 fully saturated rings. The molecule has 1 amide bonds. The van der Waals surface area contributed by atoms with Crippen LogP contribution in [0.2, 0.25) is 0 Å². The van der Waals surface area contributed by atoms with Gasteiger partial charge in [0.15, 0.2) is 0 Å². The Hall–Kier alpha value is -0.610. The number of carbonyl (C=O) groups is 1. The number of carbonyl (C=O) groups excluding carboxylic acids is 1. The van der Waals surface area contributed by atoms with Gasteiger partial charge in [-0.25, -0.2) is 0 Å². The van der Waals surface area contributed by atoms with E-state index in [4.69, 9.17) is 10.5 Å². The first kappa shape index (κ1) is 14.8. The van der Waals surface area contributed by atoms with E-state index in [1.807, 2.05) is 0 Å². The molecular weight excluding hydrogens is 240 g/mol. The number of nitrogens with zero attached hydrogens (tertiary/aromatic N) is 1. The summed E-state index contributed by atoms with van der Waals surface area (Å²) in [6.45, 7) is 2.31. The van der Waals surface area contributed by atoms with Crippen LogP contribution in [-0.4, -0.2) is 42.6 Å². The molecule has 0 aromatic rings. The molecule has 1 saturated carbocycles. The second-order valence-corrected chi connectivity index (χ2v) is 5.86. The summed E-state index contributed by atoms with van der Waals surface area (Å²) in [5.74, 6) is 0.284. The third-order valence-corrected chi connectivity index (χ3v) is 4.37. The summed E-state index contributed by atoms with van der Waals surface area (Å²) in [6, 6.07) is 0.453. The Balaban J connectivity index is 1.88. The molecule has 1 heterocycles. The van der Waals surface area contributed by atoms with Crippen molar-refractivity contribution in [1.29, 1.82) is 0 Å². The van der Waals surface area contributed by atoms with Crippen molar-refractivity contribution in [3.63, 3.8) is 0 Å². The van der Waals surface area contributed by atoms with Crippen LogP contribution in [0.3, 0.4) is 0 Å². The van der Waals surface area contributed by atoms with Gasteiger partial charge in [0.25, 0.3) is 0 Å². The Kier molecular flexibility index (Phi) is 6.11. The fraction of sp³-hybridized carbons (Fsp3) is 0.933. The van der Waals surface area contributed by atoms with E-state index in [1.54, 1.807) is 0 Å². The monoisotopic (exact) mass is 268 g/mol. The minimum atomic E-state index is 0.163. The molecular formula is C15H28N2O2. The van der Waals surface area contributed by atoms with E-state index < -0.39 is 0 Å². The summed E-state index contributed by atoms with van der Waals surface area (Å²) < 4.78 is 5.59. The molecule has 2 rings (SSSR count). The number of rotatable bonds is 6. The van der Waals surface area contributed by atoms with E-state index in [0.29, 0.717) is 19.0 Å². The Morgan fingerprint density at radius 1 is 1.16 bits per heavy atom. The van der Waals surface area contributed by atoms with Crippen molar-refractivity contribution >= 4 is 5.91 Å². The first-order chi connectivity index (χ1) is 9.31. The number of ether oxygens (including phenoxy) is 1. The lowest BCUT2D eigenvalue weighted by Crippen LogP contribution is -2.43. The molecule has 0 spiro atoms. The largest absolute Gasteiger partial charge is 0.378 e. The van der Waals surface area contributed by atoms with Crippen LogP contribution in [0.1, 0.15) is 57.8 Å². The van der Waals surface area contributed by atoms with Gasteiger partial charge in [0.1, 0.15) is 0 Å². The molecule has 0 radical (unpaired) electrons. The van der Waals surface area contributed by atoms with E-state index >= 15 is 0 Å². The zero-order valence-corrected chi connectivity index (χ0v) is 12.0. The molecule has 0 aromatic heterocycles. The zero-order valence-electron chi connectivity index (χ0n) is 12.0. The molecule has 1 unspecified atom stereocenters. The first-order valence-electron chi connectivity index (χ1n) is 7.92. The number of amides is 1. The van der Waals surface area contributed by atoms with Crippen molar-refractivity contribution in [2.75, 3.05) is 19.7 Å². The Bertz CT molecular complexity index is 271. The number of hydrogen-bond donors (Lipinski definition) is 1. The summed E-state index contributed by atoms with van der Waals surface area (Å²) >= 11 is 0. The Labute approximate surface area is 116 Å². The fourth-order valence-electron chi connectivity index (χ4n) is 3.28. The van der Waals surface area contributed by atoms with Crippen LogP contribution in [0.15, 0.2) is 0 Å². The van der Waals surface area contributed by atoms with Gasteiger partial charge in [0.05, 0.1) is 12.5 Å². The highest BCUT2D eigenvalue weighted by atomic mass is 16.5. The van der Waals surface area contributed by atoms with Gasteiger partial charge in [-0.05, 0) is 38.6 Å². The van der Waals surface area contributed by atoms with Crippen LogP contribution < -0.4 is 5.73 Å². The third kappa shape index (κ3) is 4.46. The van der Waals surface area contributed by atoms with Gasteiger partial charge in [-0.1, -0.05) is 19.3 Å². The van der Waals surface area contributed by atoms with E-state index in [9.17, 15) is 4.79 Å². The van der Waals surface area contributed by atoms with Gasteiger partial charge in [-0.2, -0.15) is 0 Å². The van der Waals surface area contributed by atoms with Crippen molar-refractivity contribution in [3.05, 3.63) is 0 Å². The molecule has 4 heteroatoms. The molecule has 1 aliphatic carbocycles. The molecule has 2 aliphatic rings. The van der Waals surface area contributed by atoms with Gasteiger partial charge in [-0.15, -0.1) is 0 Å². The van der Waals surface area contributed by atoms with Crippen LogP contribution >= 0.6 is 0 Å². The van der Waals surface area contributed by atoms with Gasteiger partial charge in [-0.3, -0.25) is 4.79 Å². The van der Waals surface area contributed by atoms with Crippen LogP contribution in [0.5, 0.6) is 0 Å². The highest BCUT2D eigenvalue weighted by Gasteiger charge is 2.28. The highest BCUT2D eigenvalue weighted by molar-refractivity contribution is 5.77. The second kappa shape index (κ2) is 7.85. The molecule has 19 heavy (non-hydrogen) atoms. The van der Waals surface area contributed by atoms with E-state index in [2.05, 4.69) is 4.90 Å². The normalized spacial score (nSPS) is 24.6. The molecule has 0 bridgehead atoms. The lowest BCUT2D eigenvalue weighted by atomic mass is 9.93. The minimum absolute atomic E-state index is 0.163. The first-order valence-corrected chi connectivity index (χ1v) is 7.92. The van der Waals surface area contributed by atoms with Crippen molar-refractivity contribution in [2.24, 2.45) is 5.73 Å². The predicted octanol–water partition coefficient (Wildman–Crippen LogP) is 2.07. The quantitative estimate of drug-likeness (QED) is 0.802.